The van der Waals surface area contributed by atoms with Crippen molar-refractivity contribution < 1.29 is 4.12 Å². The molecule has 1 atom stereocenters. The minimum Gasteiger partial charge on any atom is -0.455 e. The van der Waals surface area contributed by atoms with E-state index < -0.39 is 16.6 Å². The highest BCUT2D eigenvalue weighted by atomic mass is 32.2. The summed E-state index contributed by atoms with van der Waals surface area (Å²) in [4.78, 5) is 2.00. The van der Waals surface area contributed by atoms with Crippen molar-refractivity contribution in [3.63, 3.8) is 0 Å². The standard InChI is InChI=1S/C14H26OSSi2/c1-7-14(16-13-11-9-8-10-12-13)18(5,6)15-17(2,3)4/h8-12,14H,7H2,1-6H3. The number of hydrogen-bond donors (Lipinski definition) is 0. The van der Waals surface area contributed by atoms with Gasteiger partial charge in [0, 0.05) is 9.77 Å². The highest BCUT2D eigenvalue weighted by Crippen LogP contribution is 2.33. The van der Waals surface area contributed by atoms with E-state index in [2.05, 4.69) is 70.0 Å². The molecule has 4 heteroatoms. The fourth-order valence-corrected chi connectivity index (χ4v) is 12.8. The van der Waals surface area contributed by atoms with Gasteiger partial charge in [0.15, 0.2) is 16.6 Å². The molecule has 0 bridgehead atoms. The molecule has 1 rings (SSSR count). The number of benzene rings is 1. The summed E-state index contributed by atoms with van der Waals surface area (Å²) in [6, 6.07) is 10.7. The van der Waals surface area contributed by atoms with Crippen molar-refractivity contribution in [3.05, 3.63) is 30.3 Å². The van der Waals surface area contributed by atoms with Gasteiger partial charge in [0.1, 0.15) is 0 Å². The lowest BCUT2D eigenvalue weighted by Gasteiger charge is -2.37. The van der Waals surface area contributed by atoms with Gasteiger partial charge in [-0.2, -0.15) is 0 Å². The second kappa shape index (κ2) is 6.41. The van der Waals surface area contributed by atoms with E-state index >= 15 is 0 Å². The minimum absolute atomic E-state index is 0.631. The van der Waals surface area contributed by atoms with Crippen LogP contribution in [0.1, 0.15) is 13.3 Å². The van der Waals surface area contributed by atoms with Crippen LogP contribution in [0.3, 0.4) is 0 Å². The van der Waals surface area contributed by atoms with Gasteiger partial charge in [0.05, 0.1) is 0 Å². The summed E-state index contributed by atoms with van der Waals surface area (Å²) in [5.74, 6) is 0. The van der Waals surface area contributed by atoms with Crippen molar-refractivity contribution in [1.82, 2.24) is 0 Å². The summed E-state index contributed by atoms with van der Waals surface area (Å²) in [6.07, 6.45) is 1.18. The Bertz CT molecular complexity index is 360. The van der Waals surface area contributed by atoms with Crippen LogP contribution in [0, 0.1) is 0 Å². The number of rotatable bonds is 6. The molecule has 0 aliphatic heterocycles. The van der Waals surface area contributed by atoms with E-state index in [9.17, 15) is 0 Å². The fraction of sp³-hybridized carbons (Fsp3) is 0.571. The van der Waals surface area contributed by atoms with Gasteiger partial charge in [-0.25, -0.2) is 0 Å². The quantitative estimate of drug-likeness (QED) is 0.530. The van der Waals surface area contributed by atoms with Gasteiger partial charge in [0.25, 0.3) is 0 Å². The van der Waals surface area contributed by atoms with Crippen LogP contribution < -0.4 is 0 Å². The molecule has 0 heterocycles. The van der Waals surface area contributed by atoms with Crippen molar-refractivity contribution in [1.29, 1.82) is 0 Å². The van der Waals surface area contributed by atoms with E-state index in [0.29, 0.717) is 4.87 Å². The van der Waals surface area contributed by atoms with Crippen LogP contribution in [0.15, 0.2) is 35.2 Å². The maximum absolute atomic E-state index is 6.51. The van der Waals surface area contributed by atoms with E-state index in [1.165, 1.54) is 11.3 Å². The molecule has 0 spiro atoms. The van der Waals surface area contributed by atoms with Crippen LogP contribution in [0.5, 0.6) is 0 Å². The maximum atomic E-state index is 6.51. The lowest BCUT2D eigenvalue weighted by Crippen LogP contribution is -2.49. The highest BCUT2D eigenvalue weighted by Gasteiger charge is 2.37. The SMILES string of the molecule is CCC(Sc1ccccc1)[Si](C)(C)O[Si](C)(C)C. The molecule has 1 nitrogen and oxygen atoms in total. The van der Waals surface area contributed by atoms with E-state index in [-0.39, 0.29) is 0 Å². The Morgan fingerprint density at radius 1 is 1.06 bits per heavy atom. The third-order valence-corrected chi connectivity index (χ3v) is 12.5. The molecular weight excluding hydrogens is 272 g/mol. The molecule has 0 radical (unpaired) electrons. The van der Waals surface area contributed by atoms with Crippen molar-refractivity contribution in [2.24, 2.45) is 0 Å². The van der Waals surface area contributed by atoms with Crippen LogP contribution in [0.25, 0.3) is 0 Å². The summed E-state index contributed by atoms with van der Waals surface area (Å²) >= 11 is 2.00. The number of thioether (sulfide) groups is 1. The summed E-state index contributed by atoms with van der Waals surface area (Å²) in [5.41, 5.74) is 0. The highest BCUT2D eigenvalue weighted by molar-refractivity contribution is 8.01. The largest absolute Gasteiger partial charge is 0.455 e. The molecule has 0 saturated heterocycles. The van der Waals surface area contributed by atoms with Gasteiger partial charge in [0.2, 0.25) is 0 Å². The van der Waals surface area contributed by atoms with Crippen molar-refractivity contribution in [2.75, 3.05) is 0 Å². The predicted octanol–water partition coefficient (Wildman–Crippen LogP) is 5.15. The maximum Gasteiger partial charge on any atom is 0.186 e. The molecule has 102 valence electrons. The second-order valence-electron chi connectivity index (χ2n) is 6.15. The van der Waals surface area contributed by atoms with Gasteiger partial charge >= 0.3 is 0 Å². The van der Waals surface area contributed by atoms with E-state index in [0.717, 1.165) is 0 Å². The third-order valence-electron chi connectivity index (χ3n) is 2.74. The molecule has 1 aromatic rings. The van der Waals surface area contributed by atoms with Crippen LogP contribution in [-0.2, 0) is 4.12 Å². The average Bonchev–Trinajstić information content (AvgIpc) is 2.23. The predicted molar refractivity (Wildman–Crippen MR) is 88.3 cm³/mol. The zero-order chi connectivity index (χ0) is 13.8. The minimum atomic E-state index is -1.63. The van der Waals surface area contributed by atoms with Gasteiger partial charge in [-0.05, 0) is 51.3 Å². The van der Waals surface area contributed by atoms with E-state index in [4.69, 9.17) is 4.12 Å². The first kappa shape index (κ1) is 16.0. The van der Waals surface area contributed by atoms with Crippen molar-refractivity contribution in [3.8, 4) is 0 Å². The summed E-state index contributed by atoms with van der Waals surface area (Å²) < 4.78 is 6.51. The first-order valence-corrected chi connectivity index (χ1v) is 13.9. The Morgan fingerprint density at radius 3 is 2.06 bits per heavy atom. The van der Waals surface area contributed by atoms with E-state index in [1.807, 2.05) is 11.8 Å². The molecular formula is C14H26OSSi2. The lowest BCUT2D eigenvalue weighted by molar-refractivity contribution is 0.542. The summed E-state index contributed by atoms with van der Waals surface area (Å²) in [7, 11) is -3.07. The average molecular weight is 299 g/mol. The van der Waals surface area contributed by atoms with Crippen molar-refractivity contribution in [2.45, 2.75) is 55.8 Å². The lowest BCUT2D eigenvalue weighted by atomic mass is 10.4. The van der Waals surface area contributed by atoms with Crippen LogP contribution in [0.2, 0.25) is 32.7 Å². The molecule has 0 amide bonds. The van der Waals surface area contributed by atoms with Crippen LogP contribution >= 0.6 is 11.8 Å². The molecule has 18 heavy (non-hydrogen) atoms. The molecule has 0 aliphatic rings. The molecule has 0 fully saturated rings. The van der Waals surface area contributed by atoms with Gasteiger partial charge in [-0.3, -0.25) is 0 Å². The Morgan fingerprint density at radius 2 is 1.61 bits per heavy atom. The Kier molecular flexibility index (Phi) is 5.71. The first-order chi connectivity index (χ1) is 8.24. The van der Waals surface area contributed by atoms with Gasteiger partial charge in [-0.15, -0.1) is 11.8 Å². The van der Waals surface area contributed by atoms with E-state index in [1.54, 1.807) is 0 Å². The topological polar surface area (TPSA) is 9.23 Å². The van der Waals surface area contributed by atoms with Crippen LogP contribution in [0.4, 0.5) is 0 Å². The number of hydrogen-bond acceptors (Lipinski definition) is 2. The van der Waals surface area contributed by atoms with Gasteiger partial charge in [-0.1, -0.05) is 25.1 Å². The zero-order valence-electron chi connectivity index (χ0n) is 12.5. The summed E-state index contributed by atoms with van der Waals surface area (Å²) in [6.45, 7) is 13.9. The van der Waals surface area contributed by atoms with Gasteiger partial charge < -0.3 is 4.12 Å². The Hall–Kier alpha value is -0.0362. The Balaban J connectivity index is 2.76. The Labute approximate surface area is 119 Å². The molecule has 0 saturated carbocycles. The molecule has 0 N–H and O–H groups in total. The first-order valence-electron chi connectivity index (χ1n) is 6.66. The van der Waals surface area contributed by atoms with Crippen LogP contribution in [-0.4, -0.2) is 21.5 Å². The van der Waals surface area contributed by atoms with Crippen molar-refractivity contribution >= 4 is 28.4 Å². The normalized spacial score (nSPS) is 14.6. The second-order valence-corrected chi connectivity index (χ2v) is 16.8. The molecule has 0 aromatic heterocycles. The monoisotopic (exact) mass is 298 g/mol. The summed E-state index contributed by atoms with van der Waals surface area (Å²) in [5, 5.41) is 0. The molecule has 1 aromatic carbocycles. The smallest absolute Gasteiger partial charge is 0.186 e. The third kappa shape index (κ3) is 5.30. The molecule has 1 unspecified atom stereocenters. The molecule has 0 aliphatic carbocycles. The zero-order valence-corrected chi connectivity index (χ0v) is 15.3. The fourth-order valence-electron chi connectivity index (χ4n) is 2.24.